The molecule has 2 aromatic rings. The molecule has 32 heavy (non-hydrogen) atoms. The summed E-state index contributed by atoms with van der Waals surface area (Å²) >= 11 is 0. The molecule has 1 unspecified atom stereocenters. The molecule has 7 heteroatoms. The Bertz CT molecular complexity index is 1120. The highest BCUT2D eigenvalue weighted by Crippen LogP contribution is 2.42. The predicted octanol–water partition coefficient (Wildman–Crippen LogP) is 5.03. The topological polar surface area (TPSA) is 78.9 Å². The molecule has 0 saturated heterocycles. The van der Waals surface area contributed by atoms with Crippen LogP contribution in [0.5, 0.6) is 11.5 Å². The number of ketones is 2. The van der Waals surface area contributed by atoms with Gasteiger partial charge in [-0.1, -0.05) is 11.6 Å². The lowest BCUT2D eigenvalue weighted by molar-refractivity contribution is 0.0297. The van der Waals surface area contributed by atoms with Gasteiger partial charge in [0.15, 0.2) is 11.6 Å². The number of hydrogen-bond donors (Lipinski definition) is 0. The summed E-state index contributed by atoms with van der Waals surface area (Å²) in [5.74, 6) is -1.62. The number of carbonyl (C=O) groups is 3. The minimum absolute atomic E-state index is 0.0642. The fourth-order valence-corrected chi connectivity index (χ4v) is 3.44. The third-order valence-corrected chi connectivity index (χ3v) is 4.99. The van der Waals surface area contributed by atoms with Gasteiger partial charge in [-0.3, -0.25) is 9.59 Å². The van der Waals surface area contributed by atoms with Gasteiger partial charge in [0.1, 0.15) is 23.4 Å². The molecule has 0 fully saturated rings. The van der Waals surface area contributed by atoms with Crippen molar-refractivity contribution in [1.29, 1.82) is 0 Å². The quantitative estimate of drug-likeness (QED) is 0.446. The minimum atomic E-state index is -0.856. The van der Waals surface area contributed by atoms with Crippen LogP contribution in [0.3, 0.4) is 0 Å². The third-order valence-electron chi connectivity index (χ3n) is 4.99. The molecular formula is C25H23FO6. The summed E-state index contributed by atoms with van der Waals surface area (Å²) in [5, 5.41) is 0. The van der Waals surface area contributed by atoms with Crippen molar-refractivity contribution in [2.75, 3.05) is 14.2 Å². The Kier molecular flexibility index (Phi) is 6.88. The lowest BCUT2D eigenvalue weighted by Crippen LogP contribution is -2.19. The Balaban J connectivity index is 2.14. The number of hydrogen-bond acceptors (Lipinski definition) is 6. The Morgan fingerprint density at radius 3 is 2.19 bits per heavy atom. The van der Waals surface area contributed by atoms with Crippen LogP contribution in [0.25, 0.3) is 0 Å². The first-order chi connectivity index (χ1) is 15.3. The number of methoxy groups -OCH3 is 2. The maximum atomic E-state index is 13.2. The first-order valence-corrected chi connectivity index (χ1v) is 9.92. The van der Waals surface area contributed by atoms with Crippen LogP contribution in [0, 0.1) is 5.82 Å². The van der Waals surface area contributed by atoms with Crippen molar-refractivity contribution in [3.63, 3.8) is 0 Å². The monoisotopic (exact) mass is 438 g/mol. The van der Waals surface area contributed by atoms with E-state index in [-0.39, 0.29) is 40.4 Å². The van der Waals surface area contributed by atoms with E-state index >= 15 is 0 Å². The van der Waals surface area contributed by atoms with Crippen LogP contribution in [0.2, 0.25) is 0 Å². The number of ether oxygens (including phenoxy) is 3. The number of esters is 1. The predicted molar refractivity (Wildman–Crippen MR) is 116 cm³/mol. The van der Waals surface area contributed by atoms with Gasteiger partial charge in [-0.25, -0.2) is 9.18 Å². The molecule has 1 aliphatic rings. The molecule has 0 amide bonds. The van der Waals surface area contributed by atoms with Crippen LogP contribution in [0.15, 0.2) is 54.1 Å². The van der Waals surface area contributed by atoms with E-state index in [1.807, 2.05) is 19.9 Å². The SMILES string of the molecule is COc1cc(C(CC=C(C)C)OC(=O)c2ccc(F)cc2)c(OC)c2c1C(=O)C=CC2=O. The van der Waals surface area contributed by atoms with Crippen molar-refractivity contribution >= 4 is 17.5 Å². The van der Waals surface area contributed by atoms with Crippen molar-refractivity contribution in [2.45, 2.75) is 26.4 Å². The van der Waals surface area contributed by atoms with E-state index in [0.29, 0.717) is 5.56 Å². The third kappa shape index (κ3) is 4.61. The van der Waals surface area contributed by atoms with E-state index in [9.17, 15) is 18.8 Å². The zero-order valence-electron chi connectivity index (χ0n) is 18.2. The molecule has 6 nitrogen and oxygen atoms in total. The van der Waals surface area contributed by atoms with E-state index in [2.05, 4.69) is 0 Å². The highest BCUT2D eigenvalue weighted by Gasteiger charge is 2.33. The highest BCUT2D eigenvalue weighted by molar-refractivity contribution is 6.24. The van der Waals surface area contributed by atoms with E-state index in [4.69, 9.17) is 14.2 Å². The Hall–Kier alpha value is -3.74. The maximum absolute atomic E-state index is 13.2. The number of allylic oxidation sites excluding steroid dienone is 3. The van der Waals surface area contributed by atoms with Gasteiger partial charge in [-0.15, -0.1) is 0 Å². The number of carbonyl (C=O) groups excluding carboxylic acids is 3. The fourth-order valence-electron chi connectivity index (χ4n) is 3.44. The van der Waals surface area contributed by atoms with Gasteiger partial charge in [0.2, 0.25) is 0 Å². The van der Waals surface area contributed by atoms with Crippen molar-refractivity contribution in [2.24, 2.45) is 0 Å². The van der Waals surface area contributed by atoms with Gasteiger partial charge in [0.05, 0.1) is 30.9 Å². The zero-order valence-corrected chi connectivity index (χ0v) is 18.2. The zero-order chi connectivity index (χ0) is 23.4. The van der Waals surface area contributed by atoms with Crippen molar-refractivity contribution in [3.05, 3.63) is 82.2 Å². The maximum Gasteiger partial charge on any atom is 0.338 e. The Labute approximate surface area is 185 Å². The molecule has 2 aromatic carbocycles. The molecule has 1 atom stereocenters. The van der Waals surface area contributed by atoms with Gasteiger partial charge in [0, 0.05) is 12.0 Å². The van der Waals surface area contributed by atoms with Gasteiger partial charge in [0.25, 0.3) is 0 Å². The Morgan fingerprint density at radius 2 is 1.62 bits per heavy atom. The van der Waals surface area contributed by atoms with Gasteiger partial charge >= 0.3 is 5.97 Å². The Morgan fingerprint density at radius 1 is 1.00 bits per heavy atom. The van der Waals surface area contributed by atoms with Crippen molar-refractivity contribution in [1.82, 2.24) is 0 Å². The van der Waals surface area contributed by atoms with Crippen LogP contribution in [-0.4, -0.2) is 31.8 Å². The molecule has 1 aliphatic carbocycles. The van der Waals surface area contributed by atoms with E-state index in [1.54, 1.807) is 6.07 Å². The average molecular weight is 438 g/mol. The largest absolute Gasteiger partial charge is 0.496 e. The number of benzene rings is 2. The summed E-state index contributed by atoms with van der Waals surface area (Å²) in [6, 6.07) is 6.53. The molecule has 0 aliphatic heterocycles. The first kappa shape index (κ1) is 22.9. The van der Waals surface area contributed by atoms with Crippen molar-refractivity contribution < 1.29 is 33.0 Å². The molecule has 0 N–H and O–H groups in total. The van der Waals surface area contributed by atoms with Crippen molar-refractivity contribution in [3.8, 4) is 11.5 Å². The second-order valence-corrected chi connectivity index (χ2v) is 7.43. The summed E-state index contributed by atoms with van der Waals surface area (Å²) in [5.41, 5.74) is 1.71. The first-order valence-electron chi connectivity index (χ1n) is 9.92. The molecule has 0 spiro atoms. The normalized spacial score (nSPS) is 13.3. The van der Waals surface area contributed by atoms with Crippen LogP contribution in [0.1, 0.15) is 63.0 Å². The molecule has 0 bridgehead atoms. The van der Waals surface area contributed by atoms with E-state index in [0.717, 1.165) is 5.57 Å². The molecular weight excluding hydrogens is 415 g/mol. The van der Waals surface area contributed by atoms with Gasteiger partial charge in [-0.2, -0.15) is 0 Å². The van der Waals surface area contributed by atoms with E-state index in [1.165, 1.54) is 50.6 Å². The smallest absolute Gasteiger partial charge is 0.338 e. The van der Waals surface area contributed by atoms with Crippen LogP contribution in [0.4, 0.5) is 4.39 Å². The average Bonchev–Trinajstić information content (AvgIpc) is 2.78. The highest BCUT2D eigenvalue weighted by atomic mass is 19.1. The van der Waals surface area contributed by atoms with Crippen LogP contribution >= 0.6 is 0 Å². The summed E-state index contributed by atoms with van der Waals surface area (Å²) in [6.07, 6.45) is 3.66. The van der Waals surface area contributed by atoms with Crippen LogP contribution in [-0.2, 0) is 4.74 Å². The van der Waals surface area contributed by atoms with Gasteiger partial charge in [-0.05, 0) is 56.3 Å². The van der Waals surface area contributed by atoms with Gasteiger partial charge < -0.3 is 14.2 Å². The number of halogens is 1. The summed E-state index contributed by atoms with van der Waals surface area (Å²) < 4.78 is 29.9. The van der Waals surface area contributed by atoms with E-state index < -0.39 is 23.7 Å². The molecule has 0 radical (unpaired) electrons. The lowest BCUT2D eigenvalue weighted by Gasteiger charge is -2.24. The molecule has 0 aromatic heterocycles. The molecule has 0 heterocycles. The minimum Gasteiger partial charge on any atom is -0.496 e. The molecule has 0 saturated carbocycles. The fraction of sp³-hybridized carbons (Fsp3) is 0.240. The standard InChI is InChI=1S/C25H23FO6/c1-14(2)5-12-20(32-25(29)15-6-8-16(26)9-7-15)17-13-21(30-3)22-18(27)10-11-19(28)23(22)24(17)31-4/h5-11,13,20H,12H2,1-4H3. The second-order valence-electron chi connectivity index (χ2n) is 7.43. The second kappa shape index (κ2) is 9.60. The molecule has 166 valence electrons. The summed E-state index contributed by atoms with van der Waals surface area (Å²) in [7, 11) is 2.76. The lowest BCUT2D eigenvalue weighted by atomic mass is 9.88. The van der Waals surface area contributed by atoms with Crippen LogP contribution < -0.4 is 9.47 Å². The number of rotatable bonds is 7. The summed E-state index contributed by atoms with van der Waals surface area (Å²) in [4.78, 5) is 37.9. The number of fused-ring (bicyclic) bond motifs is 1. The summed E-state index contributed by atoms with van der Waals surface area (Å²) in [6.45, 7) is 3.80. The molecule has 3 rings (SSSR count).